The molecule has 0 spiro atoms. The molecule has 11 heteroatoms. The van der Waals surface area contributed by atoms with Crippen LogP contribution < -0.4 is 4.90 Å². The van der Waals surface area contributed by atoms with Gasteiger partial charge in [-0.2, -0.15) is 27.8 Å². The molecule has 1 saturated heterocycles. The zero-order chi connectivity index (χ0) is 22.3. The van der Waals surface area contributed by atoms with Crippen LogP contribution in [0.3, 0.4) is 0 Å². The fourth-order valence-corrected chi connectivity index (χ4v) is 4.07. The maximum Gasteiger partial charge on any atom is 0.406 e. The Hall–Kier alpha value is -2.95. The molecule has 0 bridgehead atoms. The van der Waals surface area contributed by atoms with Gasteiger partial charge in [0.05, 0.1) is 6.54 Å². The maximum absolute atomic E-state index is 12.8. The van der Waals surface area contributed by atoms with Crippen molar-refractivity contribution in [3.05, 3.63) is 41.1 Å². The molecule has 0 aromatic carbocycles. The lowest BCUT2D eigenvalue weighted by atomic mass is 10.1. The molecule has 4 rings (SSSR count). The Bertz CT molecular complexity index is 1110. The zero-order valence-electron chi connectivity index (χ0n) is 17.6. The Morgan fingerprint density at radius 1 is 1.10 bits per heavy atom. The lowest BCUT2D eigenvalue weighted by molar-refractivity contribution is -0.141. The summed E-state index contributed by atoms with van der Waals surface area (Å²) in [6.07, 6.45) is -2.86. The first-order valence-electron chi connectivity index (χ1n) is 10.0. The third-order valence-electron chi connectivity index (χ3n) is 5.64. The van der Waals surface area contributed by atoms with Crippen molar-refractivity contribution in [2.45, 2.75) is 33.5 Å². The molecule has 1 fully saturated rings. The molecule has 0 atom stereocenters. The van der Waals surface area contributed by atoms with Crippen LogP contribution in [-0.4, -0.2) is 73.7 Å². The molecule has 3 aromatic rings. The van der Waals surface area contributed by atoms with E-state index in [2.05, 4.69) is 20.0 Å². The molecule has 1 aliphatic heterocycles. The monoisotopic (exact) mass is 435 g/mol. The van der Waals surface area contributed by atoms with E-state index < -0.39 is 12.7 Å². The van der Waals surface area contributed by atoms with Crippen molar-refractivity contribution in [1.29, 1.82) is 0 Å². The third-order valence-corrected chi connectivity index (χ3v) is 5.64. The first-order chi connectivity index (χ1) is 14.6. The first-order valence-corrected chi connectivity index (χ1v) is 10.0. The van der Waals surface area contributed by atoms with Crippen LogP contribution in [0.5, 0.6) is 0 Å². The second-order valence-electron chi connectivity index (χ2n) is 7.90. The van der Waals surface area contributed by atoms with Gasteiger partial charge in [0.2, 0.25) is 0 Å². The average Bonchev–Trinajstić information content (AvgIpc) is 3.27. The molecule has 8 nitrogen and oxygen atoms in total. The molecule has 1 aliphatic rings. The second-order valence-corrected chi connectivity index (χ2v) is 7.90. The van der Waals surface area contributed by atoms with Crippen molar-refractivity contribution in [3.8, 4) is 0 Å². The minimum Gasteiger partial charge on any atom is -0.354 e. The minimum absolute atomic E-state index is 0.159. The number of hydrogen-bond donors (Lipinski definition) is 0. The number of piperazine rings is 1. The number of ketones is 1. The van der Waals surface area contributed by atoms with Gasteiger partial charge < -0.3 is 9.47 Å². The third kappa shape index (κ3) is 4.41. The molecule has 31 heavy (non-hydrogen) atoms. The molecule has 4 heterocycles. The summed E-state index contributed by atoms with van der Waals surface area (Å²) in [6, 6.07) is 3.51. The summed E-state index contributed by atoms with van der Waals surface area (Å²) >= 11 is 0. The number of aryl methyl sites for hydroxylation is 2. The van der Waals surface area contributed by atoms with Crippen molar-refractivity contribution < 1.29 is 18.0 Å². The van der Waals surface area contributed by atoms with Crippen LogP contribution in [0.4, 0.5) is 19.0 Å². The summed E-state index contributed by atoms with van der Waals surface area (Å²) in [5.74, 6) is 1.29. The predicted octanol–water partition coefficient (Wildman–Crippen LogP) is 2.42. The van der Waals surface area contributed by atoms with E-state index in [4.69, 9.17) is 0 Å². The fourth-order valence-electron chi connectivity index (χ4n) is 4.07. The highest BCUT2D eigenvalue weighted by Gasteiger charge is 2.31. The van der Waals surface area contributed by atoms with Gasteiger partial charge in [0, 0.05) is 54.9 Å². The summed E-state index contributed by atoms with van der Waals surface area (Å²) < 4.78 is 41.3. The molecule has 0 unspecified atom stereocenters. The number of aromatic nitrogens is 5. The van der Waals surface area contributed by atoms with E-state index in [1.165, 1.54) is 6.33 Å². The van der Waals surface area contributed by atoms with E-state index in [-0.39, 0.29) is 12.3 Å². The highest BCUT2D eigenvalue weighted by Crippen LogP contribution is 2.24. The number of carbonyl (C=O) groups excluding carboxylic acids is 1. The second kappa shape index (κ2) is 7.95. The van der Waals surface area contributed by atoms with Gasteiger partial charge in [-0.05, 0) is 26.8 Å². The van der Waals surface area contributed by atoms with Gasteiger partial charge in [-0.3, -0.25) is 9.69 Å². The van der Waals surface area contributed by atoms with Crippen LogP contribution in [0.25, 0.3) is 5.78 Å². The highest BCUT2D eigenvalue weighted by molar-refractivity contribution is 5.99. The van der Waals surface area contributed by atoms with E-state index in [1.54, 1.807) is 24.4 Å². The molecule has 0 radical (unpaired) electrons. The largest absolute Gasteiger partial charge is 0.406 e. The van der Waals surface area contributed by atoms with E-state index in [1.807, 2.05) is 17.9 Å². The van der Waals surface area contributed by atoms with Crippen LogP contribution >= 0.6 is 0 Å². The summed E-state index contributed by atoms with van der Waals surface area (Å²) in [6.45, 7) is 6.86. The molecule has 0 amide bonds. The molecular weight excluding hydrogens is 411 g/mol. The quantitative estimate of drug-likeness (QED) is 0.574. The van der Waals surface area contributed by atoms with Crippen molar-refractivity contribution in [2.24, 2.45) is 0 Å². The van der Waals surface area contributed by atoms with Crippen molar-refractivity contribution in [1.82, 2.24) is 29.0 Å². The number of rotatable bonds is 5. The fraction of sp³-hybridized carbons (Fsp3) is 0.500. The lowest BCUT2D eigenvalue weighted by Crippen LogP contribution is -2.48. The van der Waals surface area contributed by atoms with Gasteiger partial charge >= 0.3 is 6.18 Å². The Morgan fingerprint density at radius 2 is 1.81 bits per heavy atom. The van der Waals surface area contributed by atoms with Gasteiger partial charge in [-0.15, -0.1) is 0 Å². The summed E-state index contributed by atoms with van der Waals surface area (Å²) in [7, 11) is 0. The molecular formula is C20H24F3N7O. The van der Waals surface area contributed by atoms with E-state index >= 15 is 0 Å². The van der Waals surface area contributed by atoms with Crippen molar-refractivity contribution in [2.75, 3.05) is 37.6 Å². The van der Waals surface area contributed by atoms with Crippen LogP contribution in [-0.2, 0) is 6.54 Å². The molecule has 0 aliphatic carbocycles. The number of Topliss-reactive ketones (excluding diaryl/α,β-unsaturated/α-hetero) is 1. The van der Waals surface area contributed by atoms with E-state index in [0.717, 1.165) is 16.1 Å². The zero-order valence-corrected chi connectivity index (χ0v) is 17.6. The summed E-state index contributed by atoms with van der Waals surface area (Å²) in [5, 5.41) is 4.24. The van der Waals surface area contributed by atoms with Crippen molar-refractivity contribution in [3.63, 3.8) is 0 Å². The average molecular weight is 435 g/mol. The van der Waals surface area contributed by atoms with Gasteiger partial charge in [0.1, 0.15) is 18.7 Å². The SMILES string of the molecule is Cc1cc(N2CCN(CC(=O)c3cc(C)n(CC(F)(F)F)c3C)CC2)n2ncnc2n1. The van der Waals surface area contributed by atoms with E-state index in [9.17, 15) is 18.0 Å². The Kier molecular flexibility index (Phi) is 5.46. The normalized spacial score (nSPS) is 15.7. The number of alkyl halides is 3. The topological polar surface area (TPSA) is 71.6 Å². The molecule has 166 valence electrons. The first kappa shape index (κ1) is 21.3. The molecule has 0 N–H and O–H groups in total. The summed E-state index contributed by atoms with van der Waals surface area (Å²) in [4.78, 5) is 25.5. The minimum atomic E-state index is -4.33. The number of carbonyl (C=O) groups is 1. The van der Waals surface area contributed by atoms with Gasteiger partial charge in [0.25, 0.3) is 5.78 Å². The number of hydrogen-bond acceptors (Lipinski definition) is 6. The predicted molar refractivity (Wildman–Crippen MR) is 108 cm³/mol. The Morgan fingerprint density at radius 3 is 2.48 bits per heavy atom. The number of anilines is 1. The van der Waals surface area contributed by atoms with Gasteiger partial charge in [-0.1, -0.05) is 0 Å². The number of nitrogens with zero attached hydrogens (tertiary/aromatic N) is 7. The molecule has 0 saturated carbocycles. The van der Waals surface area contributed by atoms with Crippen LogP contribution in [0, 0.1) is 20.8 Å². The highest BCUT2D eigenvalue weighted by atomic mass is 19.4. The Balaban J connectivity index is 1.42. The van der Waals surface area contributed by atoms with Crippen LogP contribution in [0.15, 0.2) is 18.5 Å². The number of halogens is 3. The Labute approximate surface area is 177 Å². The maximum atomic E-state index is 12.8. The van der Waals surface area contributed by atoms with Crippen LogP contribution in [0.1, 0.15) is 27.4 Å². The van der Waals surface area contributed by atoms with Crippen LogP contribution in [0.2, 0.25) is 0 Å². The molecule has 3 aromatic heterocycles. The van der Waals surface area contributed by atoms with Gasteiger partial charge in [-0.25, -0.2) is 4.98 Å². The standard InChI is InChI=1S/C20H24F3N7O/c1-13-8-18(30-19(26-13)24-12-25-30)28-6-4-27(5-7-28)10-17(31)16-9-14(2)29(15(16)3)11-20(21,22)23/h8-9,12H,4-7,10-11H2,1-3H3. The lowest BCUT2D eigenvalue weighted by Gasteiger charge is -2.35. The van der Waals surface area contributed by atoms with Gasteiger partial charge in [0.15, 0.2) is 5.78 Å². The summed E-state index contributed by atoms with van der Waals surface area (Å²) in [5.41, 5.74) is 2.01. The van der Waals surface area contributed by atoms with Crippen molar-refractivity contribution >= 4 is 17.4 Å². The van der Waals surface area contributed by atoms with E-state index in [0.29, 0.717) is 48.9 Å². The smallest absolute Gasteiger partial charge is 0.354 e. The number of fused-ring (bicyclic) bond motifs is 1.